The Hall–Kier alpha value is -3.08. The lowest BCUT2D eigenvalue weighted by atomic mass is 10.1. The van der Waals surface area contributed by atoms with Crippen LogP contribution in [0.5, 0.6) is 0 Å². The van der Waals surface area contributed by atoms with Gasteiger partial charge in [0.1, 0.15) is 0 Å². The molecule has 22 heavy (non-hydrogen) atoms. The van der Waals surface area contributed by atoms with Crippen LogP contribution in [0.25, 0.3) is 12.2 Å². The van der Waals surface area contributed by atoms with Crippen molar-refractivity contribution in [2.24, 2.45) is 5.92 Å². The molecule has 0 N–H and O–H groups in total. The van der Waals surface area contributed by atoms with E-state index in [9.17, 15) is 14.4 Å². The minimum atomic E-state index is -0.780. The highest BCUT2D eigenvalue weighted by Crippen LogP contribution is 2.07. The molecule has 1 aromatic carbocycles. The molecule has 1 aliphatic heterocycles. The molecule has 0 radical (unpaired) electrons. The summed E-state index contributed by atoms with van der Waals surface area (Å²) < 4.78 is 9.77. The first-order chi connectivity index (χ1) is 10.7. The molecule has 2 heterocycles. The van der Waals surface area contributed by atoms with Gasteiger partial charge in [-0.15, -0.1) is 0 Å². The van der Waals surface area contributed by atoms with Crippen molar-refractivity contribution in [3.05, 3.63) is 96.0 Å². The maximum atomic E-state index is 12.3. The van der Waals surface area contributed by atoms with Crippen LogP contribution in [0.15, 0.2) is 68.1 Å². The van der Waals surface area contributed by atoms with E-state index in [-0.39, 0.29) is 16.4 Å². The molecule has 0 bridgehead atoms. The Kier molecular flexibility index (Phi) is 3.62. The van der Waals surface area contributed by atoms with Gasteiger partial charge in [-0.2, -0.15) is 0 Å². The summed E-state index contributed by atoms with van der Waals surface area (Å²) in [5.74, 6) is -0.251. The van der Waals surface area contributed by atoms with Crippen molar-refractivity contribution in [2.45, 2.75) is 0 Å². The van der Waals surface area contributed by atoms with Crippen molar-refractivity contribution in [2.75, 3.05) is 0 Å². The van der Waals surface area contributed by atoms with Gasteiger partial charge >= 0.3 is 12.5 Å². The van der Waals surface area contributed by atoms with Gasteiger partial charge in [0.2, 0.25) is 16.3 Å². The topological polar surface area (TPSA) is 71.7 Å². The van der Waals surface area contributed by atoms with Crippen LogP contribution in [-0.4, -0.2) is 0 Å². The van der Waals surface area contributed by atoms with Crippen LogP contribution in [0.1, 0.15) is 5.56 Å². The molecule has 2 aromatic rings. The summed E-state index contributed by atoms with van der Waals surface area (Å²) in [4.78, 5) is 36.3. The van der Waals surface area contributed by atoms with E-state index in [0.29, 0.717) is 5.56 Å². The number of hydrogen-bond donors (Lipinski definition) is 0. The number of hydrogen-bond acceptors (Lipinski definition) is 4. The van der Waals surface area contributed by atoms with Gasteiger partial charge in [0.25, 0.3) is 0 Å². The van der Waals surface area contributed by atoms with E-state index < -0.39 is 16.3 Å². The molecule has 0 fully saturated rings. The van der Waals surface area contributed by atoms with Crippen LogP contribution in [0.3, 0.4) is 0 Å². The normalized spacial score (nSPS) is 16.2. The molecule has 0 spiro atoms. The second kappa shape index (κ2) is 5.73. The molecule has 5 nitrogen and oxygen atoms in total. The molecule has 0 saturated carbocycles. The van der Waals surface area contributed by atoms with E-state index in [1.165, 1.54) is 37.2 Å². The van der Waals surface area contributed by atoms with Gasteiger partial charge in [-0.3, -0.25) is 14.4 Å². The van der Waals surface area contributed by atoms with Crippen LogP contribution in [0.2, 0.25) is 0 Å². The van der Waals surface area contributed by atoms with Crippen molar-refractivity contribution in [3.63, 3.8) is 0 Å². The fourth-order valence-corrected chi connectivity index (χ4v) is 2.16. The summed E-state index contributed by atoms with van der Waals surface area (Å²) in [6, 6.07) is 3.20. The lowest BCUT2D eigenvalue weighted by molar-refractivity contribution is 0.389. The molecule has 0 amide bonds. The summed E-state index contributed by atoms with van der Waals surface area (Å²) in [5, 5.41) is -0.222. The quantitative estimate of drug-likeness (QED) is 0.567. The molecule has 5 heteroatoms. The zero-order chi connectivity index (χ0) is 15.5. The lowest BCUT2D eigenvalue weighted by Crippen LogP contribution is -2.36. The zero-order valence-corrected chi connectivity index (χ0v) is 11.4. The Morgan fingerprint density at radius 2 is 1.55 bits per heavy atom. The number of allylic oxidation sites excluding steroid dienone is 2. The largest absolute Gasteiger partial charge is 0.473 e. The standard InChI is InChI=1S/C17H11O5/c18-15-13(9-11-1-5-21-6-2-11)16(19)17(20)14(15)10-12-3-7-22-8-4-12/h1-11H/q+1. The summed E-state index contributed by atoms with van der Waals surface area (Å²) in [6.07, 6.45) is 12.0. The van der Waals surface area contributed by atoms with Gasteiger partial charge in [-0.25, -0.2) is 4.42 Å². The third-order valence-electron chi connectivity index (χ3n) is 3.29. The predicted molar refractivity (Wildman–Crippen MR) is 80.9 cm³/mol. The van der Waals surface area contributed by atoms with E-state index in [4.69, 9.17) is 9.15 Å². The minimum Gasteiger partial charge on any atom is -0.473 e. The zero-order valence-electron chi connectivity index (χ0n) is 11.4. The predicted octanol–water partition coefficient (Wildman–Crippen LogP) is -0.200. The average molecular weight is 295 g/mol. The molecule has 108 valence electrons. The third kappa shape index (κ3) is 2.56. The van der Waals surface area contributed by atoms with Crippen molar-refractivity contribution in [3.8, 4) is 0 Å². The van der Waals surface area contributed by atoms with E-state index in [1.807, 2.05) is 0 Å². The molecule has 0 saturated heterocycles. The second-order valence-corrected chi connectivity index (χ2v) is 4.74. The highest BCUT2D eigenvalue weighted by Gasteiger charge is 2.11. The molecule has 0 aliphatic carbocycles. The summed E-state index contributed by atoms with van der Waals surface area (Å²) in [6.45, 7) is 0. The van der Waals surface area contributed by atoms with Crippen molar-refractivity contribution < 1.29 is 9.15 Å². The van der Waals surface area contributed by atoms with Crippen molar-refractivity contribution in [1.29, 1.82) is 0 Å². The molecule has 0 atom stereocenters. The highest BCUT2D eigenvalue weighted by atomic mass is 16.5. The van der Waals surface area contributed by atoms with E-state index in [2.05, 4.69) is 0 Å². The van der Waals surface area contributed by atoms with Crippen LogP contribution in [0, 0.1) is 5.92 Å². The molecule has 0 unspecified atom stereocenters. The van der Waals surface area contributed by atoms with Gasteiger partial charge in [0, 0.05) is 18.1 Å². The first-order valence-electron chi connectivity index (χ1n) is 6.58. The molecular formula is C17H11O5+. The van der Waals surface area contributed by atoms with Crippen molar-refractivity contribution >= 4 is 12.2 Å². The van der Waals surface area contributed by atoms with Crippen LogP contribution in [0.4, 0.5) is 0 Å². The third-order valence-corrected chi connectivity index (χ3v) is 3.29. The van der Waals surface area contributed by atoms with Crippen LogP contribution in [-0.2, 0) is 4.74 Å². The van der Waals surface area contributed by atoms with Gasteiger partial charge in [0.05, 0.1) is 23.0 Å². The molecular weight excluding hydrogens is 284 g/mol. The van der Waals surface area contributed by atoms with Gasteiger partial charge < -0.3 is 4.74 Å². The van der Waals surface area contributed by atoms with Gasteiger partial charge in [0.15, 0.2) is 0 Å². The Morgan fingerprint density at radius 1 is 0.909 bits per heavy atom. The molecule has 3 rings (SSSR count). The van der Waals surface area contributed by atoms with Gasteiger partial charge in [-0.1, -0.05) is 6.08 Å². The van der Waals surface area contributed by atoms with Crippen molar-refractivity contribution in [1.82, 2.24) is 0 Å². The summed E-state index contributed by atoms with van der Waals surface area (Å²) in [5.41, 5.74) is -1.49. The van der Waals surface area contributed by atoms with E-state index in [1.54, 1.807) is 24.3 Å². The molecule has 1 aliphatic rings. The first kappa shape index (κ1) is 13.9. The summed E-state index contributed by atoms with van der Waals surface area (Å²) in [7, 11) is 0. The lowest BCUT2D eigenvalue weighted by Gasteiger charge is -2.03. The Morgan fingerprint density at radius 3 is 2.23 bits per heavy atom. The Bertz CT molecular complexity index is 994. The Balaban J connectivity index is 2.22. The maximum absolute atomic E-state index is 12.3. The number of ether oxygens (including phenoxy) is 1. The fraction of sp³-hybridized carbons (Fsp3) is 0.0588. The monoisotopic (exact) mass is 295 g/mol. The van der Waals surface area contributed by atoms with Crippen LogP contribution < -0.4 is 26.7 Å². The fourth-order valence-electron chi connectivity index (χ4n) is 2.16. The number of rotatable bonds is 2. The average Bonchev–Trinajstić information content (AvgIpc) is 2.75. The second-order valence-electron chi connectivity index (χ2n) is 4.74. The smallest absolute Gasteiger partial charge is 0.318 e. The minimum absolute atomic E-state index is 0.0990. The maximum Gasteiger partial charge on any atom is 0.318 e. The van der Waals surface area contributed by atoms with Crippen LogP contribution >= 0.6 is 0 Å². The Labute approximate surface area is 124 Å². The van der Waals surface area contributed by atoms with E-state index in [0.717, 1.165) is 0 Å². The molecule has 1 aromatic heterocycles. The summed E-state index contributed by atoms with van der Waals surface area (Å²) >= 11 is 0. The highest BCUT2D eigenvalue weighted by molar-refractivity contribution is 5.49. The van der Waals surface area contributed by atoms with E-state index >= 15 is 0 Å². The SMILES string of the molecule is O=c1c(=O)c(=CC2C=COC=C2)c(=O)c1=Cc1cc[o+]cc1. The van der Waals surface area contributed by atoms with Gasteiger partial charge in [-0.05, 0) is 23.8 Å². The first-order valence-corrected chi connectivity index (χ1v) is 6.58.